The van der Waals surface area contributed by atoms with Crippen LogP contribution in [0.2, 0.25) is 0 Å². The molecule has 74 valence electrons. The van der Waals surface area contributed by atoms with Gasteiger partial charge in [-0.15, -0.1) is 0 Å². The predicted molar refractivity (Wildman–Crippen MR) is 58.6 cm³/mol. The molecule has 0 unspecified atom stereocenters. The van der Waals surface area contributed by atoms with Crippen molar-refractivity contribution in [1.29, 1.82) is 5.41 Å². The van der Waals surface area contributed by atoms with Crippen molar-refractivity contribution in [2.24, 2.45) is 0 Å². The van der Waals surface area contributed by atoms with E-state index in [4.69, 9.17) is 5.41 Å². The van der Waals surface area contributed by atoms with Gasteiger partial charge in [0.05, 0.1) is 0 Å². The van der Waals surface area contributed by atoms with Crippen LogP contribution in [0.25, 0.3) is 0 Å². The fourth-order valence-electron chi connectivity index (χ4n) is 1.90. The molecular weight excluding hydrogens is 172 g/mol. The number of hydrogen-bond acceptors (Lipinski definition) is 1. The lowest BCUT2D eigenvalue weighted by atomic mass is 10.1. The number of hydrogen-bond donors (Lipinski definition) is 1. The van der Waals surface area contributed by atoms with E-state index in [1.807, 2.05) is 18.2 Å². The van der Waals surface area contributed by atoms with Crippen LogP contribution in [0.1, 0.15) is 31.4 Å². The van der Waals surface area contributed by atoms with E-state index in [-0.39, 0.29) is 0 Å². The van der Waals surface area contributed by atoms with Crippen molar-refractivity contribution in [1.82, 2.24) is 4.90 Å². The first kappa shape index (κ1) is 9.25. The van der Waals surface area contributed by atoms with E-state index in [0.717, 1.165) is 18.5 Å². The topological polar surface area (TPSA) is 27.1 Å². The molecule has 0 aliphatic carbocycles. The van der Waals surface area contributed by atoms with Gasteiger partial charge in [0.15, 0.2) is 0 Å². The molecular formula is C12H16N2. The molecule has 1 aromatic carbocycles. The lowest BCUT2D eigenvalue weighted by molar-refractivity contribution is 0.326. The van der Waals surface area contributed by atoms with Crippen molar-refractivity contribution in [3.63, 3.8) is 0 Å². The van der Waals surface area contributed by atoms with Gasteiger partial charge in [-0.3, -0.25) is 5.41 Å². The van der Waals surface area contributed by atoms with Crippen LogP contribution >= 0.6 is 0 Å². The molecule has 0 spiro atoms. The number of rotatable bonds is 2. The zero-order chi connectivity index (χ0) is 10.1. The molecule has 0 amide bonds. The Morgan fingerprint density at radius 3 is 2.79 bits per heavy atom. The van der Waals surface area contributed by atoms with Gasteiger partial charge in [0, 0.05) is 18.2 Å². The Labute approximate surface area is 85.1 Å². The Bertz CT molecular complexity index is 357. The lowest BCUT2D eigenvalue weighted by Crippen LogP contribution is -2.32. The molecule has 1 heterocycles. The maximum Gasteiger partial charge on any atom is 0.128 e. The van der Waals surface area contributed by atoms with Crippen LogP contribution in [0.3, 0.4) is 0 Å². The van der Waals surface area contributed by atoms with Crippen LogP contribution < -0.4 is 0 Å². The van der Waals surface area contributed by atoms with Crippen molar-refractivity contribution in [2.45, 2.75) is 32.9 Å². The highest BCUT2D eigenvalue weighted by Gasteiger charge is 2.26. The Kier molecular flexibility index (Phi) is 2.28. The molecule has 0 radical (unpaired) electrons. The van der Waals surface area contributed by atoms with Gasteiger partial charge in [-0.2, -0.15) is 0 Å². The standard InChI is InChI=1S/C12H16N2/c1-3-9(2)14-8-10-6-4-5-7-11(10)12(14)13/h4-7,9,13H,3,8H2,1-2H3/t9-/m0/s1. The summed E-state index contributed by atoms with van der Waals surface area (Å²) in [5.41, 5.74) is 2.39. The molecule has 2 rings (SSSR count). The molecule has 2 nitrogen and oxygen atoms in total. The summed E-state index contributed by atoms with van der Waals surface area (Å²) >= 11 is 0. The van der Waals surface area contributed by atoms with Gasteiger partial charge in [-0.05, 0) is 18.9 Å². The molecule has 1 aliphatic heterocycles. The summed E-state index contributed by atoms with van der Waals surface area (Å²) in [5.74, 6) is 0.690. The van der Waals surface area contributed by atoms with Gasteiger partial charge < -0.3 is 4.90 Å². The second-order valence-electron chi connectivity index (χ2n) is 3.89. The fourth-order valence-corrected chi connectivity index (χ4v) is 1.90. The van der Waals surface area contributed by atoms with E-state index in [1.165, 1.54) is 5.56 Å². The van der Waals surface area contributed by atoms with Crippen molar-refractivity contribution >= 4 is 5.84 Å². The van der Waals surface area contributed by atoms with E-state index < -0.39 is 0 Å². The third-order valence-electron chi connectivity index (χ3n) is 3.02. The summed E-state index contributed by atoms with van der Waals surface area (Å²) in [6.07, 6.45) is 1.09. The molecule has 0 fully saturated rings. The average Bonchev–Trinajstić information content (AvgIpc) is 2.56. The zero-order valence-electron chi connectivity index (χ0n) is 8.75. The summed E-state index contributed by atoms with van der Waals surface area (Å²) in [4.78, 5) is 2.17. The second kappa shape index (κ2) is 3.45. The van der Waals surface area contributed by atoms with Gasteiger partial charge in [0.2, 0.25) is 0 Å². The summed E-state index contributed by atoms with van der Waals surface area (Å²) in [7, 11) is 0. The Morgan fingerprint density at radius 1 is 1.43 bits per heavy atom. The third-order valence-corrected chi connectivity index (χ3v) is 3.02. The predicted octanol–water partition coefficient (Wildman–Crippen LogP) is 2.63. The average molecular weight is 188 g/mol. The molecule has 0 bridgehead atoms. The number of fused-ring (bicyclic) bond motifs is 1. The van der Waals surface area contributed by atoms with Gasteiger partial charge in [-0.25, -0.2) is 0 Å². The van der Waals surface area contributed by atoms with Crippen LogP contribution in [0.15, 0.2) is 24.3 Å². The number of nitrogens with one attached hydrogen (secondary N) is 1. The van der Waals surface area contributed by atoms with Crippen molar-refractivity contribution in [3.05, 3.63) is 35.4 Å². The van der Waals surface area contributed by atoms with Crippen LogP contribution in [-0.2, 0) is 6.54 Å². The zero-order valence-corrected chi connectivity index (χ0v) is 8.75. The van der Waals surface area contributed by atoms with E-state index in [9.17, 15) is 0 Å². The lowest BCUT2D eigenvalue weighted by Gasteiger charge is -2.24. The third kappa shape index (κ3) is 1.31. The summed E-state index contributed by atoms with van der Waals surface area (Å²) in [5, 5.41) is 8.05. The summed E-state index contributed by atoms with van der Waals surface area (Å²) < 4.78 is 0. The molecule has 0 saturated heterocycles. The van der Waals surface area contributed by atoms with E-state index in [0.29, 0.717) is 11.9 Å². The molecule has 0 saturated carbocycles. The summed E-state index contributed by atoms with van der Waals surface area (Å²) in [6, 6.07) is 8.68. The maximum atomic E-state index is 8.05. The molecule has 0 aromatic heterocycles. The van der Waals surface area contributed by atoms with Crippen LogP contribution in [0.4, 0.5) is 0 Å². The largest absolute Gasteiger partial charge is 0.350 e. The summed E-state index contributed by atoms with van der Waals surface area (Å²) in [6.45, 7) is 5.26. The number of amidine groups is 1. The van der Waals surface area contributed by atoms with Gasteiger partial charge in [0.1, 0.15) is 5.84 Å². The number of benzene rings is 1. The minimum absolute atomic E-state index is 0.467. The van der Waals surface area contributed by atoms with Gasteiger partial charge in [-0.1, -0.05) is 31.2 Å². The van der Waals surface area contributed by atoms with E-state index >= 15 is 0 Å². The quantitative estimate of drug-likeness (QED) is 0.759. The minimum Gasteiger partial charge on any atom is -0.350 e. The smallest absolute Gasteiger partial charge is 0.128 e. The van der Waals surface area contributed by atoms with Gasteiger partial charge >= 0.3 is 0 Å². The van der Waals surface area contributed by atoms with Crippen molar-refractivity contribution < 1.29 is 0 Å². The van der Waals surface area contributed by atoms with Crippen LogP contribution in [0, 0.1) is 5.41 Å². The number of nitrogens with zero attached hydrogens (tertiary/aromatic N) is 1. The van der Waals surface area contributed by atoms with Gasteiger partial charge in [0.25, 0.3) is 0 Å². The van der Waals surface area contributed by atoms with Crippen LogP contribution in [-0.4, -0.2) is 16.8 Å². The highest BCUT2D eigenvalue weighted by molar-refractivity contribution is 6.00. The fraction of sp³-hybridized carbons (Fsp3) is 0.417. The molecule has 1 aromatic rings. The Hall–Kier alpha value is -1.31. The second-order valence-corrected chi connectivity index (χ2v) is 3.89. The Morgan fingerprint density at radius 2 is 2.14 bits per heavy atom. The Balaban J connectivity index is 2.30. The normalized spacial score (nSPS) is 17.0. The maximum absolute atomic E-state index is 8.05. The highest BCUT2D eigenvalue weighted by atomic mass is 15.2. The first-order valence-corrected chi connectivity index (χ1v) is 5.17. The SMILES string of the molecule is CC[C@H](C)N1Cc2ccccc2C1=N. The molecule has 1 aliphatic rings. The minimum atomic E-state index is 0.467. The first-order valence-electron chi connectivity index (χ1n) is 5.17. The van der Waals surface area contributed by atoms with Crippen molar-refractivity contribution in [3.8, 4) is 0 Å². The van der Waals surface area contributed by atoms with Crippen LogP contribution in [0.5, 0.6) is 0 Å². The van der Waals surface area contributed by atoms with E-state index in [1.54, 1.807) is 0 Å². The molecule has 2 heteroatoms. The van der Waals surface area contributed by atoms with E-state index in [2.05, 4.69) is 24.8 Å². The monoisotopic (exact) mass is 188 g/mol. The highest BCUT2D eigenvalue weighted by Crippen LogP contribution is 2.24. The molecule has 1 N–H and O–H groups in total. The van der Waals surface area contributed by atoms with Crippen molar-refractivity contribution in [2.75, 3.05) is 0 Å². The molecule has 1 atom stereocenters. The molecule has 14 heavy (non-hydrogen) atoms. The first-order chi connectivity index (χ1) is 6.74.